The lowest BCUT2D eigenvalue weighted by atomic mass is 10.1. The van der Waals surface area contributed by atoms with Gasteiger partial charge >= 0.3 is 0 Å². The maximum Gasteiger partial charge on any atom is 0.254 e. The molecule has 0 atom stereocenters. The lowest BCUT2D eigenvalue weighted by Crippen LogP contribution is -2.22. The van der Waals surface area contributed by atoms with Gasteiger partial charge < -0.3 is 5.32 Å². The first-order valence-corrected chi connectivity index (χ1v) is 8.56. The van der Waals surface area contributed by atoms with E-state index in [1.807, 2.05) is 54.6 Å². The summed E-state index contributed by atoms with van der Waals surface area (Å²) in [7, 11) is 0. The first kappa shape index (κ1) is 16.7. The Hall–Kier alpha value is -3.74. The van der Waals surface area contributed by atoms with Gasteiger partial charge in [-0.05, 0) is 23.3 Å². The number of rotatable bonds is 6. The zero-order valence-corrected chi connectivity index (χ0v) is 14.6. The van der Waals surface area contributed by atoms with E-state index in [-0.39, 0.29) is 5.91 Å². The first-order valence-electron chi connectivity index (χ1n) is 8.56. The van der Waals surface area contributed by atoms with Crippen molar-refractivity contribution in [3.63, 3.8) is 0 Å². The van der Waals surface area contributed by atoms with Gasteiger partial charge in [0.15, 0.2) is 0 Å². The van der Waals surface area contributed by atoms with Crippen LogP contribution in [0.5, 0.6) is 0 Å². The number of nitrogens with zero attached hydrogens (tertiary/aromatic N) is 5. The van der Waals surface area contributed by atoms with Crippen LogP contribution in [0, 0.1) is 0 Å². The van der Waals surface area contributed by atoms with E-state index in [2.05, 4.69) is 20.5 Å². The van der Waals surface area contributed by atoms with E-state index in [0.29, 0.717) is 18.7 Å². The maximum atomic E-state index is 12.4. The molecule has 0 aliphatic carbocycles. The van der Waals surface area contributed by atoms with Crippen molar-refractivity contribution in [2.24, 2.45) is 0 Å². The summed E-state index contributed by atoms with van der Waals surface area (Å²) in [6.07, 6.45) is 6.50. The minimum atomic E-state index is -0.149. The third-order valence-corrected chi connectivity index (χ3v) is 4.15. The second-order valence-electron chi connectivity index (χ2n) is 6.10. The van der Waals surface area contributed by atoms with Crippen LogP contribution < -0.4 is 5.32 Å². The number of benzene rings is 2. The molecule has 4 aromatic rings. The molecule has 2 aromatic carbocycles. The molecule has 0 radical (unpaired) electrons. The highest BCUT2D eigenvalue weighted by atomic mass is 16.1. The molecule has 0 aliphatic rings. The van der Waals surface area contributed by atoms with Gasteiger partial charge in [0.25, 0.3) is 5.91 Å². The zero-order chi connectivity index (χ0) is 18.5. The Bertz CT molecular complexity index is 1010. The van der Waals surface area contributed by atoms with Crippen molar-refractivity contribution in [3.05, 3.63) is 96.3 Å². The summed E-state index contributed by atoms with van der Waals surface area (Å²) in [4.78, 5) is 16.3. The highest BCUT2D eigenvalue weighted by Crippen LogP contribution is 2.09. The SMILES string of the molecule is O=C(NCc1ccc(Cn2cncn2)cc1)c1cnn(-c2ccccc2)c1. The van der Waals surface area contributed by atoms with Crippen molar-refractivity contribution in [3.8, 4) is 5.69 Å². The molecular formula is C20H18N6O. The summed E-state index contributed by atoms with van der Waals surface area (Å²) < 4.78 is 3.45. The van der Waals surface area contributed by atoms with Crippen molar-refractivity contribution in [1.29, 1.82) is 0 Å². The molecule has 0 spiro atoms. The number of carbonyl (C=O) groups excluding carboxylic acids is 1. The van der Waals surface area contributed by atoms with E-state index in [1.165, 1.54) is 6.33 Å². The summed E-state index contributed by atoms with van der Waals surface area (Å²) in [6, 6.07) is 17.7. The van der Waals surface area contributed by atoms with Gasteiger partial charge in [-0.1, -0.05) is 42.5 Å². The van der Waals surface area contributed by atoms with Crippen LogP contribution in [0.2, 0.25) is 0 Å². The van der Waals surface area contributed by atoms with Gasteiger partial charge in [0.2, 0.25) is 0 Å². The van der Waals surface area contributed by atoms with Crippen LogP contribution in [0.15, 0.2) is 79.6 Å². The van der Waals surface area contributed by atoms with Gasteiger partial charge in [0, 0.05) is 12.7 Å². The average Bonchev–Trinajstić information content (AvgIpc) is 3.40. The molecule has 7 heteroatoms. The molecule has 1 amide bonds. The normalized spacial score (nSPS) is 10.7. The molecule has 1 N–H and O–H groups in total. The second kappa shape index (κ2) is 7.65. The van der Waals surface area contributed by atoms with Gasteiger partial charge in [0.05, 0.1) is 24.0 Å². The van der Waals surface area contributed by atoms with Crippen molar-refractivity contribution in [2.75, 3.05) is 0 Å². The van der Waals surface area contributed by atoms with Gasteiger partial charge in [-0.3, -0.25) is 4.79 Å². The maximum absolute atomic E-state index is 12.4. The van der Waals surface area contributed by atoms with Crippen molar-refractivity contribution < 1.29 is 4.79 Å². The molecule has 134 valence electrons. The third-order valence-electron chi connectivity index (χ3n) is 4.15. The van der Waals surface area contributed by atoms with E-state index in [4.69, 9.17) is 0 Å². The Morgan fingerprint density at radius 2 is 1.74 bits per heavy atom. The summed E-state index contributed by atoms with van der Waals surface area (Å²) in [5.41, 5.74) is 3.60. The van der Waals surface area contributed by atoms with Gasteiger partial charge in [0.1, 0.15) is 12.7 Å². The van der Waals surface area contributed by atoms with Gasteiger partial charge in [-0.2, -0.15) is 10.2 Å². The van der Waals surface area contributed by atoms with Crippen LogP contribution in [0.25, 0.3) is 5.69 Å². The van der Waals surface area contributed by atoms with Crippen molar-refractivity contribution >= 4 is 5.91 Å². The molecule has 0 aliphatic heterocycles. The topological polar surface area (TPSA) is 77.6 Å². The minimum Gasteiger partial charge on any atom is -0.348 e. The van der Waals surface area contributed by atoms with Crippen LogP contribution in [0.4, 0.5) is 0 Å². The molecule has 0 bridgehead atoms. The Kier molecular flexibility index (Phi) is 4.74. The van der Waals surface area contributed by atoms with Crippen LogP contribution >= 0.6 is 0 Å². The van der Waals surface area contributed by atoms with E-state index in [0.717, 1.165) is 16.8 Å². The number of carbonyl (C=O) groups is 1. The monoisotopic (exact) mass is 358 g/mol. The van der Waals surface area contributed by atoms with Crippen LogP contribution in [-0.2, 0) is 13.1 Å². The Morgan fingerprint density at radius 3 is 2.48 bits per heavy atom. The smallest absolute Gasteiger partial charge is 0.254 e. The Labute approximate surface area is 156 Å². The molecule has 27 heavy (non-hydrogen) atoms. The van der Waals surface area contributed by atoms with Crippen LogP contribution in [-0.4, -0.2) is 30.5 Å². The molecule has 0 fully saturated rings. The van der Waals surface area contributed by atoms with E-state index in [9.17, 15) is 4.79 Å². The fraction of sp³-hybridized carbons (Fsp3) is 0.100. The van der Waals surface area contributed by atoms with E-state index < -0.39 is 0 Å². The van der Waals surface area contributed by atoms with Crippen molar-refractivity contribution in [1.82, 2.24) is 29.9 Å². The lowest BCUT2D eigenvalue weighted by molar-refractivity contribution is 0.0951. The first-order chi connectivity index (χ1) is 13.3. The van der Waals surface area contributed by atoms with E-state index in [1.54, 1.807) is 28.1 Å². The molecular weight excluding hydrogens is 340 g/mol. The minimum absolute atomic E-state index is 0.149. The Morgan fingerprint density at radius 1 is 0.963 bits per heavy atom. The lowest BCUT2D eigenvalue weighted by Gasteiger charge is -2.06. The molecule has 2 heterocycles. The fourth-order valence-corrected chi connectivity index (χ4v) is 2.71. The molecule has 0 unspecified atom stereocenters. The third kappa shape index (κ3) is 4.09. The summed E-state index contributed by atoms with van der Waals surface area (Å²) in [5, 5.41) is 11.3. The quantitative estimate of drug-likeness (QED) is 0.574. The van der Waals surface area contributed by atoms with Crippen LogP contribution in [0.3, 0.4) is 0 Å². The van der Waals surface area contributed by atoms with Crippen molar-refractivity contribution in [2.45, 2.75) is 13.1 Å². The number of hydrogen-bond donors (Lipinski definition) is 1. The Balaban J connectivity index is 1.34. The number of hydrogen-bond acceptors (Lipinski definition) is 4. The summed E-state index contributed by atoms with van der Waals surface area (Å²) in [5.74, 6) is -0.149. The number of nitrogens with one attached hydrogen (secondary N) is 1. The van der Waals surface area contributed by atoms with Crippen LogP contribution in [0.1, 0.15) is 21.5 Å². The molecule has 2 aromatic heterocycles. The number of aromatic nitrogens is 5. The predicted octanol–water partition coefficient (Wildman–Crippen LogP) is 2.44. The largest absolute Gasteiger partial charge is 0.348 e. The zero-order valence-electron chi connectivity index (χ0n) is 14.6. The molecule has 0 saturated heterocycles. The number of amides is 1. The molecule has 4 rings (SSSR count). The van der Waals surface area contributed by atoms with Gasteiger partial charge in [-0.25, -0.2) is 14.3 Å². The van der Waals surface area contributed by atoms with E-state index >= 15 is 0 Å². The molecule has 0 saturated carbocycles. The number of para-hydroxylation sites is 1. The standard InChI is InChI=1S/C20H18N6O/c27-20(18-11-23-26(13-18)19-4-2-1-3-5-19)22-10-16-6-8-17(9-7-16)12-25-15-21-14-24-25/h1-9,11,13-15H,10,12H2,(H,22,27). The highest BCUT2D eigenvalue weighted by Gasteiger charge is 2.09. The predicted molar refractivity (Wildman–Crippen MR) is 100 cm³/mol. The second-order valence-corrected chi connectivity index (χ2v) is 6.10. The fourth-order valence-electron chi connectivity index (χ4n) is 2.71. The summed E-state index contributed by atoms with van der Waals surface area (Å²) in [6.45, 7) is 1.13. The van der Waals surface area contributed by atoms with Gasteiger partial charge in [-0.15, -0.1) is 0 Å². The molecule has 7 nitrogen and oxygen atoms in total. The highest BCUT2D eigenvalue weighted by molar-refractivity contribution is 5.93. The summed E-state index contributed by atoms with van der Waals surface area (Å²) >= 11 is 0. The average molecular weight is 358 g/mol.